The zero-order chi connectivity index (χ0) is 14.7. The van der Waals surface area contributed by atoms with Crippen molar-refractivity contribution >= 4 is 6.09 Å². The average Bonchev–Trinajstić information content (AvgIpc) is 2.78. The predicted octanol–water partition coefficient (Wildman–Crippen LogP) is 3.59. The molecule has 2 atom stereocenters. The minimum atomic E-state index is -0.162. The van der Waals surface area contributed by atoms with Crippen LogP contribution in [0.4, 0.5) is 4.79 Å². The molecule has 0 radical (unpaired) electrons. The Morgan fingerprint density at radius 1 is 1.24 bits per heavy atom. The molecule has 1 amide bonds. The standard InChI is InChI=1S/C18H21NO2/c1-2-6-15-11-16-9-10-17(12-15)19(16)18(20)21-13-14-7-4-3-5-8-14/h1,3-5,7-8,15-17H,6,9-13H2. The van der Waals surface area contributed by atoms with Gasteiger partial charge in [-0.05, 0) is 37.2 Å². The van der Waals surface area contributed by atoms with Crippen LogP contribution in [0.15, 0.2) is 30.3 Å². The third-order valence-electron chi connectivity index (χ3n) is 4.65. The van der Waals surface area contributed by atoms with Crippen LogP contribution < -0.4 is 0 Å². The smallest absolute Gasteiger partial charge is 0.410 e. The third-order valence-corrected chi connectivity index (χ3v) is 4.65. The van der Waals surface area contributed by atoms with Gasteiger partial charge < -0.3 is 9.64 Å². The van der Waals surface area contributed by atoms with Crippen LogP contribution in [0, 0.1) is 18.3 Å². The van der Waals surface area contributed by atoms with Gasteiger partial charge in [-0.2, -0.15) is 0 Å². The quantitative estimate of drug-likeness (QED) is 0.793. The van der Waals surface area contributed by atoms with E-state index in [1.54, 1.807) is 0 Å². The van der Waals surface area contributed by atoms with Gasteiger partial charge in [0.2, 0.25) is 0 Å². The minimum Gasteiger partial charge on any atom is -0.445 e. The Morgan fingerprint density at radius 3 is 2.52 bits per heavy atom. The van der Waals surface area contributed by atoms with Gasteiger partial charge in [-0.15, -0.1) is 12.3 Å². The second-order valence-electron chi connectivity index (χ2n) is 6.08. The number of hydrogen-bond donors (Lipinski definition) is 0. The van der Waals surface area contributed by atoms with E-state index in [4.69, 9.17) is 11.2 Å². The highest BCUT2D eigenvalue weighted by atomic mass is 16.6. The highest BCUT2D eigenvalue weighted by Gasteiger charge is 2.43. The molecule has 0 aromatic heterocycles. The molecule has 2 saturated heterocycles. The minimum absolute atomic E-state index is 0.162. The van der Waals surface area contributed by atoms with Crippen LogP contribution in [0.25, 0.3) is 0 Å². The first-order valence-corrected chi connectivity index (χ1v) is 7.70. The highest BCUT2D eigenvalue weighted by molar-refractivity contribution is 5.69. The average molecular weight is 283 g/mol. The number of amides is 1. The molecule has 1 aromatic carbocycles. The van der Waals surface area contributed by atoms with Crippen molar-refractivity contribution in [3.63, 3.8) is 0 Å². The Kier molecular flexibility index (Phi) is 4.15. The Labute approximate surface area is 126 Å². The van der Waals surface area contributed by atoms with Crippen molar-refractivity contribution in [1.29, 1.82) is 0 Å². The van der Waals surface area contributed by atoms with E-state index in [2.05, 4.69) is 5.92 Å². The maximum absolute atomic E-state index is 12.4. The van der Waals surface area contributed by atoms with Crippen molar-refractivity contribution in [3.05, 3.63) is 35.9 Å². The van der Waals surface area contributed by atoms with Crippen LogP contribution in [0.2, 0.25) is 0 Å². The van der Waals surface area contributed by atoms with E-state index in [1.807, 2.05) is 35.2 Å². The van der Waals surface area contributed by atoms with Gasteiger partial charge in [-0.25, -0.2) is 4.79 Å². The molecule has 0 aliphatic carbocycles. The molecule has 0 saturated carbocycles. The van der Waals surface area contributed by atoms with E-state index in [0.717, 1.165) is 37.7 Å². The van der Waals surface area contributed by atoms with E-state index in [0.29, 0.717) is 24.6 Å². The number of carbonyl (C=O) groups excluding carboxylic acids is 1. The first-order chi connectivity index (χ1) is 10.3. The largest absolute Gasteiger partial charge is 0.445 e. The number of piperidine rings is 1. The van der Waals surface area contributed by atoms with Gasteiger partial charge in [-0.1, -0.05) is 30.3 Å². The van der Waals surface area contributed by atoms with E-state index in [1.165, 1.54) is 0 Å². The van der Waals surface area contributed by atoms with Crippen LogP contribution in [-0.2, 0) is 11.3 Å². The Balaban J connectivity index is 1.58. The fourth-order valence-electron chi connectivity index (χ4n) is 3.72. The number of ether oxygens (including phenoxy) is 1. The van der Waals surface area contributed by atoms with Crippen molar-refractivity contribution in [2.24, 2.45) is 5.92 Å². The van der Waals surface area contributed by atoms with Crippen molar-refractivity contribution in [2.45, 2.75) is 50.8 Å². The maximum Gasteiger partial charge on any atom is 0.410 e. The van der Waals surface area contributed by atoms with Gasteiger partial charge in [0.1, 0.15) is 6.61 Å². The fourth-order valence-corrected chi connectivity index (χ4v) is 3.72. The van der Waals surface area contributed by atoms with Crippen LogP contribution in [0.3, 0.4) is 0 Å². The number of nitrogens with zero attached hydrogens (tertiary/aromatic N) is 1. The summed E-state index contributed by atoms with van der Waals surface area (Å²) in [4.78, 5) is 14.3. The second kappa shape index (κ2) is 6.22. The number of terminal acetylenes is 1. The van der Waals surface area contributed by atoms with E-state index in [-0.39, 0.29) is 6.09 Å². The maximum atomic E-state index is 12.4. The Morgan fingerprint density at radius 2 is 1.90 bits per heavy atom. The molecule has 0 N–H and O–H groups in total. The second-order valence-corrected chi connectivity index (χ2v) is 6.08. The van der Waals surface area contributed by atoms with Crippen LogP contribution in [0.1, 0.15) is 37.7 Å². The highest BCUT2D eigenvalue weighted by Crippen LogP contribution is 2.40. The summed E-state index contributed by atoms with van der Waals surface area (Å²) in [5.41, 5.74) is 1.03. The monoisotopic (exact) mass is 283 g/mol. The molecule has 3 rings (SSSR count). The first-order valence-electron chi connectivity index (χ1n) is 7.70. The zero-order valence-electron chi connectivity index (χ0n) is 12.2. The fraction of sp³-hybridized carbons (Fsp3) is 0.500. The van der Waals surface area contributed by atoms with Crippen molar-refractivity contribution < 1.29 is 9.53 Å². The normalized spacial score (nSPS) is 27.2. The number of hydrogen-bond acceptors (Lipinski definition) is 2. The van der Waals surface area contributed by atoms with E-state index in [9.17, 15) is 4.79 Å². The molecule has 2 fully saturated rings. The van der Waals surface area contributed by atoms with Crippen LogP contribution in [0.5, 0.6) is 0 Å². The first kappa shape index (κ1) is 14.0. The molecule has 21 heavy (non-hydrogen) atoms. The summed E-state index contributed by atoms with van der Waals surface area (Å²) in [6, 6.07) is 10.5. The molecule has 110 valence electrons. The van der Waals surface area contributed by atoms with Gasteiger partial charge >= 0.3 is 6.09 Å². The summed E-state index contributed by atoms with van der Waals surface area (Å²) in [5, 5.41) is 0. The number of benzene rings is 1. The number of carbonyl (C=O) groups is 1. The van der Waals surface area contributed by atoms with Gasteiger partial charge in [0.05, 0.1) is 0 Å². The molecule has 2 bridgehead atoms. The molecule has 2 aliphatic heterocycles. The molecule has 2 aliphatic rings. The lowest BCUT2D eigenvalue weighted by Crippen LogP contribution is -2.46. The molecular weight excluding hydrogens is 262 g/mol. The molecule has 2 heterocycles. The lowest BCUT2D eigenvalue weighted by molar-refractivity contribution is 0.0537. The summed E-state index contributed by atoms with van der Waals surface area (Å²) in [6.07, 6.45) is 10.3. The Bertz CT molecular complexity index is 520. The van der Waals surface area contributed by atoms with Gasteiger partial charge in [0.25, 0.3) is 0 Å². The van der Waals surface area contributed by atoms with Crippen LogP contribution >= 0.6 is 0 Å². The lowest BCUT2D eigenvalue weighted by Gasteiger charge is -2.37. The van der Waals surface area contributed by atoms with Crippen molar-refractivity contribution in [2.75, 3.05) is 0 Å². The molecule has 1 aromatic rings. The number of fused-ring (bicyclic) bond motifs is 2. The number of rotatable bonds is 3. The van der Waals surface area contributed by atoms with E-state index >= 15 is 0 Å². The summed E-state index contributed by atoms with van der Waals surface area (Å²) in [6.45, 7) is 0.351. The summed E-state index contributed by atoms with van der Waals surface area (Å²) >= 11 is 0. The summed E-state index contributed by atoms with van der Waals surface area (Å²) < 4.78 is 5.49. The third kappa shape index (κ3) is 3.05. The van der Waals surface area contributed by atoms with E-state index < -0.39 is 0 Å². The summed E-state index contributed by atoms with van der Waals surface area (Å²) in [7, 11) is 0. The SMILES string of the molecule is C#CCC1CC2CCC(C1)N2C(=O)OCc1ccccc1. The Hall–Kier alpha value is -1.95. The topological polar surface area (TPSA) is 29.5 Å². The lowest BCUT2D eigenvalue weighted by atomic mass is 9.89. The molecular formula is C18H21NO2. The predicted molar refractivity (Wildman–Crippen MR) is 81.5 cm³/mol. The van der Waals surface area contributed by atoms with Gasteiger partial charge in [0.15, 0.2) is 0 Å². The van der Waals surface area contributed by atoms with Gasteiger partial charge in [0, 0.05) is 18.5 Å². The van der Waals surface area contributed by atoms with Crippen LogP contribution in [-0.4, -0.2) is 23.1 Å². The molecule has 3 nitrogen and oxygen atoms in total. The van der Waals surface area contributed by atoms with Crippen molar-refractivity contribution in [1.82, 2.24) is 4.90 Å². The molecule has 0 spiro atoms. The van der Waals surface area contributed by atoms with Crippen molar-refractivity contribution in [3.8, 4) is 12.3 Å². The molecule has 3 heteroatoms. The molecule has 2 unspecified atom stereocenters. The van der Waals surface area contributed by atoms with Gasteiger partial charge in [-0.3, -0.25) is 0 Å². The zero-order valence-corrected chi connectivity index (χ0v) is 12.2. The summed E-state index contributed by atoms with van der Waals surface area (Å²) in [5.74, 6) is 3.34.